The lowest BCUT2D eigenvalue weighted by molar-refractivity contribution is 0.381. The maximum atomic E-state index is 5.38. The molecule has 0 unspecified atom stereocenters. The molecule has 0 saturated carbocycles. The Bertz CT molecular complexity index is 97.1. The van der Waals surface area contributed by atoms with E-state index in [9.17, 15) is 0 Å². The van der Waals surface area contributed by atoms with E-state index in [2.05, 4.69) is 5.32 Å². The van der Waals surface area contributed by atoms with Gasteiger partial charge in [0.05, 0.1) is 0 Å². The highest BCUT2D eigenvalue weighted by Crippen LogP contribution is 1.97. The van der Waals surface area contributed by atoms with E-state index in [0.29, 0.717) is 0 Å². The molecule has 0 fully saturated rings. The molecule has 1 rings (SSSR count). The highest BCUT2D eigenvalue weighted by atomic mass is 15.5. The van der Waals surface area contributed by atoms with Crippen LogP contribution in [0, 0.1) is 0 Å². The van der Waals surface area contributed by atoms with Gasteiger partial charge in [-0.05, 0) is 6.92 Å². The Balaban J connectivity index is 2.54. The summed E-state index contributed by atoms with van der Waals surface area (Å²) in [4.78, 5) is 0. The molecule has 0 spiro atoms. The van der Waals surface area contributed by atoms with Crippen molar-refractivity contribution in [2.45, 2.75) is 6.92 Å². The molecule has 0 aliphatic carbocycles. The van der Waals surface area contributed by atoms with Gasteiger partial charge in [0, 0.05) is 11.9 Å². The summed E-state index contributed by atoms with van der Waals surface area (Å²) in [5, 5.41) is 4.61. The summed E-state index contributed by atoms with van der Waals surface area (Å²) in [6.07, 6.45) is 1.89. The lowest BCUT2D eigenvalue weighted by atomic mass is 10.6. The van der Waals surface area contributed by atoms with Gasteiger partial charge in [-0.15, -0.1) is 0 Å². The second kappa shape index (κ2) is 1.42. The summed E-state index contributed by atoms with van der Waals surface area (Å²) < 4.78 is 0. The predicted molar refractivity (Wildman–Crippen MR) is 27.8 cm³/mol. The highest BCUT2D eigenvalue weighted by molar-refractivity contribution is 4.98. The van der Waals surface area contributed by atoms with E-state index in [1.54, 1.807) is 5.01 Å². The quantitative estimate of drug-likeness (QED) is 0.405. The van der Waals surface area contributed by atoms with Gasteiger partial charge < -0.3 is 5.32 Å². The summed E-state index contributed by atoms with van der Waals surface area (Å²) in [6, 6.07) is 0. The number of nitrogens with zero attached hydrogens (tertiary/aromatic N) is 1. The lowest BCUT2D eigenvalue weighted by Crippen LogP contribution is -2.29. The van der Waals surface area contributed by atoms with Crippen molar-refractivity contribution in [2.75, 3.05) is 6.67 Å². The number of nitrogens with two attached hydrogens (primary N) is 1. The average Bonchev–Trinajstić information content (AvgIpc) is 1.91. The molecule has 0 aromatic heterocycles. The minimum Gasteiger partial charge on any atom is -0.371 e. The molecular weight excluding hydrogens is 90.1 g/mol. The molecule has 3 N–H and O–H groups in total. The molecule has 1 aliphatic rings. The van der Waals surface area contributed by atoms with E-state index >= 15 is 0 Å². The maximum Gasteiger partial charge on any atom is 0.102 e. The van der Waals surface area contributed by atoms with E-state index in [4.69, 9.17) is 5.84 Å². The number of nitrogens with one attached hydrogen (secondary N) is 1. The number of allylic oxidation sites excluding steroid dienone is 1. The van der Waals surface area contributed by atoms with E-state index in [0.717, 1.165) is 12.4 Å². The van der Waals surface area contributed by atoms with Crippen molar-refractivity contribution in [3.05, 3.63) is 11.9 Å². The van der Waals surface area contributed by atoms with Gasteiger partial charge in [0.25, 0.3) is 0 Å². The average molecular weight is 99.1 g/mol. The Labute approximate surface area is 42.8 Å². The number of rotatable bonds is 0. The zero-order valence-corrected chi connectivity index (χ0v) is 4.31. The van der Waals surface area contributed by atoms with Crippen molar-refractivity contribution in [2.24, 2.45) is 5.84 Å². The van der Waals surface area contributed by atoms with Crippen LogP contribution in [0.3, 0.4) is 0 Å². The van der Waals surface area contributed by atoms with Gasteiger partial charge in [-0.3, -0.25) is 5.01 Å². The second-order valence-electron chi connectivity index (χ2n) is 1.62. The Morgan fingerprint density at radius 3 is 2.86 bits per heavy atom. The van der Waals surface area contributed by atoms with Crippen LogP contribution in [0.2, 0.25) is 0 Å². The van der Waals surface area contributed by atoms with Crippen molar-refractivity contribution in [3.63, 3.8) is 0 Å². The number of hydrazine groups is 1. The molecule has 0 aromatic rings. The molecule has 0 atom stereocenters. The van der Waals surface area contributed by atoms with Crippen molar-refractivity contribution >= 4 is 0 Å². The molecule has 0 aromatic carbocycles. The SMILES string of the molecule is CC1=CNCN1N. The van der Waals surface area contributed by atoms with Crippen LogP contribution < -0.4 is 11.2 Å². The predicted octanol–water partition coefficient (Wildman–Crippen LogP) is -0.416. The third kappa shape index (κ3) is 0.667. The van der Waals surface area contributed by atoms with E-state index in [1.807, 2.05) is 13.1 Å². The maximum absolute atomic E-state index is 5.38. The first kappa shape index (κ1) is 4.46. The fraction of sp³-hybridized carbons (Fsp3) is 0.500. The lowest BCUT2D eigenvalue weighted by Gasteiger charge is -2.08. The van der Waals surface area contributed by atoms with Gasteiger partial charge in [-0.1, -0.05) is 0 Å². The smallest absolute Gasteiger partial charge is 0.102 e. The van der Waals surface area contributed by atoms with Gasteiger partial charge >= 0.3 is 0 Å². The molecule has 1 heterocycles. The normalized spacial score (nSPS) is 19.1. The van der Waals surface area contributed by atoms with Crippen LogP contribution in [-0.2, 0) is 0 Å². The van der Waals surface area contributed by atoms with Crippen molar-refractivity contribution in [3.8, 4) is 0 Å². The van der Waals surface area contributed by atoms with Crippen LogP contribution >= 0.6 is 0 Å². The Morgan fingerprint density at radius 1 is 2.00 bits per heavy atom. The zero-order chi connectivity index (χ0) is 5.28. The second-order valence-corrected chi connectivity index (χ2v) is 1.62. The molecule has 0 amide bonds. The van der Waals surface area contributed by atoms with Crippen LogP contribution in [0.25, 0.3) is 0 Å². The van der Waals surface area contributed by atoms with Gasteiger partial charge in [-0.2, -0.15) is 0 Å². The summed E-state index contributed by atoms with van der Waals surface area (Å²) in [5.41, 5.74) is 1.08. The Hall–Kier alpha value is -0.700. The minimum absolute atomic E-state index is 0.742. The van der Waals surface area contributed by atoms with E-state index < -0.39 is 0 Å². The molecule has 0 radical (unpaired) electrons. The Kier molecular flexibility index (Phi) is 0.906. The molecule has 7 heavy (non-hydrogen) atoms. The van der Waals surface area contributed by atoms with Crippen LogP contribution in [0.5, 0.6) is 0 Å². The first-order valence-electron chi connectivity index (χ1n) is 2.23. The molecule has 3 nitrogen and oxygen atoms in total. The third-order valence-corrected chi connectivity index (χ3v) is 1.03. The van der Waals surface area contributed by atoms with E-state index in [-0.39, 0.29) is 0 Å². The van der Waals surface area contributed by atoms with Gasteiger partial charge in [0.2, 0.25) is 0 Å². The van der Waals surface area contributed by atoms with Crippen LogP contribution in [0.4, 0.5) is 0 Å². The van der Waals surface area contributed by atoms with Crippen molar-refractivity contribution in [1.29, 1.82) is 0 Å². The molecule has 0 bridgehead atoms. The van der Waals surface area contributed by atoms with Gasteiger partial charge in [-0.25, -0.2) is 5.84 Å². The van der Waals surface area contributed by atoms with Crippen LogP contribution in [0.1, 0.15) is 6.92 Å². The molecule has 40 valence electrons. The van der Waals surface area contributed by atoms with Gasteiger partial charge in [0.1, 0.15) is 6.67 Å². The first-order valence-corrected chi connectivity index (χ1v) is 2.23. The third-order valence-electron chi connectivity index (χ3n) is 1.03. The largest absolute Gasteiger partial charge is 0.371 e. The summed E-state index contributed by atoms with van der Waals surface area (Å²) in [5.74, 6) is 5.38. The Morgan fingerprint density at radius 2 is 2.71 bits per heavy atom. The number of hydrogen-bond donors (Lipinski definition) is 2. The molecule has 0 saturated heterocycles. The molecular formula is C4H9N3. The summed E-state index contributed by atoms with van der Waals surface area (Å²) >= 11 is 0. The zero-order valence-electron chi connectivity index (χ0n) is 4.31. The van der Waals surface area contributed by atoms with Crippen LogP contribution in [0.15, 0.2) is 11.9 Å². The summed E-state index contributed by atoms with van der Waals surface area (Å²) in [7, 11) is 0. The first-order chi connectivity index (χ1) is 3.30. The topological polar surface area (TPSA) is 41.3 Å². The van der Waals surface area contributed by atoms with Crippen LogP contribution in [-0.4, -0.2) is 11.7 Å². The van der Waals surface area contributed by atoms with Gasteiger partial charge in [0.15, 0.2) is 0 Å². The minimum atomic E-state index is 0.742. The molecule has 1 aliphatic heterocycles. The highest BCUT2D eigenvalue weighted by Gasteiger charge is 2.02. The molecule has 3 heteroatoms. The standard InChI is InChI=1S/C4H9N3/c1-4-2-6-3-7(4)5/h2,6H,3,5H2,1H3. The van der Waals surface area contributed by atoms with Crippen molar-refractivity contribution in [1.82, 2.24) is 10.3 Å². The summed E-state index contributed by atoms with van der Waals surface area (Å²) in [6.45, 7) is 2.70. The fourth-order valence-electron chi connectivity index (χ4n) is 0.499. The number of hydrogen-bond acceptors (Lipinski definition) is 3. The van der Waals surface area contributed by atoms with E-state index in [1.165, 1.54) is 0 Å². The van der Waals surface area contributed by atoms with Crippen molar-refractivity contribution < 1.29 is 0 Å². The monoisotopic (exact) mass is 99.1 g/mol. The fourth-order valence-corrected chi connectivity index (χ4v) is 0.499.